The number of amides is 2. The highest BCUT2D eigenvalue weighted by Gasteiger charge is 2.24. The molecule has 0 spiro atoms. The molecule has 2 amide bonds. The zero-order valence-electron chi connectivity index (χ0n) is 17.8. The molecule has 7 nitrogen and oxygen atoms in total. The van der Waals surface area contributed by atoms with E-state index in [-0.39, 0.29) is 12.1 Å². The van der Waals surface area contributed by atoms with Gasteiger partial charge in [0.05, 0.1) is 14.2 Å². The van der Waals surface area contributed by atoms with Crippen LogP contribution in [-0.2, 0) is 13.5 Å². The molecule has 2 atom stereocenters. The van der Waals surface area contributed by atoms with Gasteiger partial charge < -0.3 is 24.7 Å². The third kappa shape index (κ3) is 5.11. The molecule has 2 unspecified atom stereocenters. The van der Waals surface area contributed by atoms with Crippen LogP contribution in [0.15, 0.2) is 60.9 Å². The van der Waals surface area contributed by atoms with E-state index in [1.165, 1.54) is 0 Å². The van der Waals surface area contributed by atoms with Crippen molar-refractivity contribution in [1.29, 1.82) is 0 Å². The second kappa shape index (κ2) is 9.82. The molecule has 7 heteroatoms. The van der Waals surface area contributed by atoms with Gasteiger partial charge >= 0.3 is 6.03 Å². The number of nitrogens with one attached hydrogen (secondary N) is 2. The minimum Gasteiger partial charge on any atom is -0.497 e. The Morgan fingerprint density at radius 2 is 1.90 bits per heavy atom. The molecule has 158 valence electrons. The van der Waals surface area contributed by atoms with Gasteiger partial charge in [0.25, 0.3) is 0 Å². The minimum absolute atomic E-state index is 0.0724. The van der Waals surface area contributed by atoms with Crippen LogP contribution in [0.3, 0.4) is 0 Å². The maximum atomic E-state index is 12.8. The molecule has 0 aliphatic rings. The van der Waals surface area contributed by atoms with Crippen LogP contribution in [0.2, 0.25) is 0 Å². The topological polar surface area (TPSA) is 77.4 Å². The summed E-state index contributed by atoms with van der Waals surface area (Å²) in [6.07, 6.45) is 4.25. The summed E-state index contributed by atoms with van der Waals surface area (Å²) in [5, 5.41) is 6.07. The number of methoxy groups -OCH3 is 2. The van der Waals surface area contributed by atoms with Crippen molar-refractivity contribution in [2.45, 2.75) is 25.4 Å². The Labute approximate surface area is 177 Å². The molecular formula is C23H28N4O3. The van der Waals surface area contributed by atoms with Gasteiger partial charge in [-0.3, -0.25) is 0 Å². The van der Waals surface area contributed by atoms with Crippen LogP contribution < -0.4 is 20.1 Å². The standard InChI is InChI=1S/C23H28N4O3/c1-16(14-17-8-7-9-18(15-17)29-3)25-23(28)26-21(22-24-12-13-27(22)2)19-10-5-6-11-20(19)30-4/h5-13,15-16,21H,14H2,1-4H3,(H2,25,26,28). The zero-order chi connectivity index (χ0) is 21.5. The van der Waals surface area contributed by atoms with Crippen LogP contribution in [0, 0.1) is 0 Å². The molecule has 0 saturated heterocycles. The SMILES string of the molecule is COc1cccc(CC(C)NC(=O)NC(c2ccccc2OC)c2nccn2C)c1. The molecule has 1 heterocycles. The Kier molecular flexibility index (Phi) is 6.95. The van der Waals surface area contributed by atoms with Gasteiger partial charge in [-0.05, 0) is 37.1 Å². The number of nitrogens with zero attached hydrogens (tertiary/aromatic N) is 2. The van der Waals surface area contributed by atoms with E-state index in [1.54, 1.807) is 20.4 Å². The van der Waals surface area contributed by atoms with E-state index in [2.05, 4.69) is 15.6 Å². The quantitative estimate of drug-likeness (QED) is 0.598. The Hall–Kier alpha value is -3.48. The molecule has 0 saturated carbocycles. The Balaban J connectivity index is 1.74. The summed E-state index contributed by atoms with van der Waals surface area (Å²) in [4.78, 5) is 17.3. The average Bonchev–Trinajstić information content (AvgIpc) is 3.17. The van der Waals surface area contributed by atoms with E-state index >= 15 is 0 Å². The highest BCUT2D eigenvalue weighted by Crippen LogP contribution is 2.28. The number of carbonyl (C=O) groups is 1. The molecule has 2 aromatic carbocycles. The number of hydrogen-bond donors (Lipinski definition) is 2. The lowest BCUT2D eigenvalue weighted by Crippen LogP contribution is -2.44. The number of ether oxygens (including phenoxy) is 2. The first-order valence-corrected chi connectivity index (χ1v) is 9.82. The molecule has 1 aromatic heterocycles. The third-order valence-corrected chi connectivity index (χ3v) is 4.90. The molecule has 3 rings (SSSR count). The van der Waals surface area contributed by atoms with Crippen molar-refractivity contribution in [2.24, 2.45) is 7.05 Å². The van der Waals surface area contributed by atoms with Crippen LogP contribution in [-0.4, -0.2) is 35.8 Å². The van der Waals surface area contributed by atoms with Gasteiger partial charge in [-0.2, -0.15) is 0 Å². The second-order valence-corrected chi connectivity index (χ2v) is 7.15. The minimum atomic E-state index is -0.454. The number of urea groups is 1. The summed E-state index contributed by atoms with van der Waals surface area (Å²) in [6, 6.07) is 14.7. The fourth-order valence-electron chi connectivity index (χ4n) is 3.44. The number of para-hydroxylation sites is 1. The van der Waals surface area contributed by atoms with Crippen molar-refractivity contribution in [3.8, 4) is 11.5 Å². The number of benzene rings is 2. The Bertz CT molecular complexity index is 986. The summed E-state index contributed by atoms with van der Waals surface area (Å²) in [6.45, 7) is 1.97. The molecule has 0 bridgehead atoms. The van der Waals surface area contributed by atoms with Crippen LogP contribution >= 0.6 is 0 Å². The highest BCUT2D eigenvalue weighted by molar-refractivity contribution is 5.75. The van der Waals surface area contributed by atoms with Crippen molar-refractivity contribution in [2.75, 3.05) is 14.2 Å². The molecule has 3 aromatic rings. The van der Waals surface area contributed by atoms with E-state index in [4.69, 9.17) is 9.47 Å². The predicted octanol–water partition coefficient (Wildman–Crippen LogP) is 3.46. The highest BCUT2D eigenvalue weighted by atomic mass is 16.5. The molecule has 0 aliphatic carbocycles. The largest absolute Gasteiger partial charge is 0.497 e. The predicted molar refractivity (Wildman–Crippen MR) is 116 cm³/mol. The first kappa shape index (κ1) is 21.2. The number of hydrogen-bond acceptors (Lipinski definition) is 4. The fraction of sp³-hybridized carbons (Fsp3) is 0.304. The molecule has 0 radical (unpaired) electrons. The lowest BCUT2D eigenvalue weighted by atomic mass is 10.0. The average molecular weight is 409 g/mol. The third-order valence-electron chi connectivity index (χ3n) is 4.90. The van der Waals surface area contributed by atoms with Crippen molar-refractivity contribution >= 4 is 6.03 Å². The maximum Gasteiger partial charge on any atom is 0.315 e. The normalized spacial score (nSPS) is 12.7. The van der Waals surface area contributed by atoms with Gasteiger partial charge in [-0.25, -0.2) is 9.78 Å². The first-order chi connectivity index (χ1) is 14.5. The summed E-state index contributed by atoms with van der Waals surface area (Å²) in [7, 11) is 5.16. The van der Waals surface area contributed by atoms with E-state index in [1.807, 2.05) is 73.3 Å². The van der Waals surface area contributed by atoms with E-state index in [0.29, 0.717) is 12.2 Å². The van der Waals surface area contributed by atoms with E-state index in [0.717, 1.165) is 22.7 Å². The first-order valence-electron chi connectivity index (χ1n) is 9.82. The summed E-state index contributed by atoms with van der Waals surface area (Å²) in [5.74, 6) is 2.21. The second-order valence-electron chi connectivity index (χ2n) is 7.15. The number of aromatic nitrogens is 2. The summed E-state index contributed by atoms with van der Waals surface area (Å²) in [5.41, 5.74) is 1.93. The lowest BCUT2D eigenvalue weighted by Gasteiger charge is -2.23. The molecular weight excluding hydrogens is 380 g/mol. The van der Waals surface area contributed by atoms with Crippen molar-refractivity contribution in [1.82, 2.24) is 20.2 Å². The Morgan fingerprint density at radius 3 is 2.60 bits per heavy atom. The number of carbonyl (C=O) groups excluding carboxylic acids is 1. The van der Waals surface area contributed by atoms with Crippen molar-refractivity contribution in [3.63, 3.8) is 0 Å². The van der Waals surface area contributed by atoms with E-state index in [9.17, 15) is 4.79 Å². The van der Waals surface area contributed by atoms with Gasteiger partial charge in [-0.15, -0.1) is 0 Å². The molecule has 2 N–H and O–H groups in total. The monoisotopic (exact) mass is 408 g/mol. The van der Waals surface area contributed by atoms with Gasteiger partial charge in [0, 0.05) is 31.0 Å². The van der Waals surface area contributed by atoms with Crippen LogP contribution in [0.25, 0.3) is 0 Å². The van der Waals surface area contributed by atoms with Gasteiger partial charge in [-0.1, -0.05) is 30.3 Å². The molecule has 30 heavy (non-hydrogen) atoms. The van der Waals surface area contributed by atoms with Gasteiger partial charge in [0.15, 0.2) is 0 Å². The number of rotatable bonds is 8. The van der Waals surface area contributed by atoms with Crippen molar-refractivity contribution < 1.29 is 14.3 Å². The summed E-state index contributed by atoms with van der Waals surface area (Å²) >= 11 is 0. The lowest BCUT2D eigenvalue weighted by molar-refractivity contribution is 0.234. The molecule has 0 aliphatic heterocycles. The smallest absolute Gasteiger partial charge is 0.315 e. The van der Waals surface area contributed by atoms with Crippen LogP contribution in [0.1, 0.15) is 29.9 Å². The zero-order valence-corrected chi connectivity index (χ0v) is 17.8. The van der Waals surface area contributed by atoms with Crippen LogP contribution in [0.5, 0.6) is 11.5 Å². The van der Waals surface area contributed by atoms with Crippen LogP contribution in [0.4, 0.5) is 4.79 Å². The van der Waals surface area contributed by atoms with Crippen molar-refractivity contribution in [3.05, 3.63) is 77.9 Å². The fourth-order valence-corrected chi connectivity index (χ4v) is 3.44. The Morgan fingerprint density at radius 1 is 1.10 bits per heavy atom. The summed E-state index contributed by atoms with van der Waals surface area (Å²) < 4.78 is 12.7. The van der Waals surface area contributed by atoms with Gasteiger partial charge in [0.1, 0.15) is 23.4 Å². The number of imidazole rings is 1. The maximum absolute atomic E-state index is 12.8. The molecule has 0 fully saturated rings. The van der Waals surface area contributed by atoms with Gasteiger partial charge in [0.2, 0.25) is 0 Å². The van der Waals surface area contributed by atoms with E-state index < -0.39 is 6.04 Å². The number of aryl methyl sites for hydroxylation is 1.